The van der Waals surface area contributed by atoms with Gasteiger partial charge in [-0.05, 0) is 45.1 Å². The van der Waals surface area contributed by atoms with E-state index in [4.69, 9.17) is 10.5 Å². The summed E-state index contributed by atoms with van der Waals surface area (Å²) in [5.41, 5.74) is 6.46. The lowest BCUT2D eigenvalue weighted by molar-refractivity contribution is -0.0393. The fraction of sp³-hybridized carbons (Fsp3) is 1.00. The highest BCUT2D eigenvalue weighted by Crippen LogP contribution is 2.34. The molecule has 1 saturated carbocycles. The van der Waals surface area contributed by atoms with E-state index in [1.54, 1.807) is 0 Å². The van der Waals surface area contributed by atoms with Gasteiger partial charge in [0.1, 0.15) is 0 Å². The predicted octanol–water partition coefficient (Wildman–Crippen LogP) is 2.93. The van der Waals surface area contributed by atoms with Gasteiger partial charge in [0.15, 0.2) is 0 Å². The number of hydrogen-bond donors (Lipinski definition) is 1. The zero-order valence-corrected chi connectivity index (χ0v) is 12.7. The van der Waals surface area contributed by atoms with Crippen LogP contribution >= 0.6 is 0 Å². The fourth-order valence-corrected chi connectivity index (χ4v) is 3.85. The van der Waals surface area contributed by atoms with Crippen LogP contribution in [0.3, 0.4) is 0 Å². The summed E-state index contributed by atoms with van der Waals surface area (Å²) in [6, 6.07) is 0. The van der Waals surface area contributed by atoms with Crippen molar-refractivity contribution in [3.05, 3.63) is 0 Å². The van der Waals surface area contributed by atoms with Gasteiger partial charge in [-0.2, -0.15) is 0 Å². The predicted molar refractivity (Wildman–Crippen MR) is 80.3 cm³/mol. The van der Waals surface area contributed by atoms with Gasteiger partial charge in [0, 0.05) is 25.2 Å². The summed E-state index contributed by atoms with van der Waals surface area (Å²) in [5, 5.41) is 0. The topological polar surface area (TPSA) is 38.5 Å². The zero-order chi connectivity index (χ0) is 13.6. The Bertz CT molecular complexity index is 245. The third kappa shape index (κ3) is 3.93. The average Bonchev–Trinajstić information content (AvgIpc) is 2.48. The van der Waals surface area contributed by atoms with Crippen LogP contribution in [0, 0.1) is 0 Å². The summed E-state index contributed by atoms with van der Waals surface area (Å²) in [6.07, 6.45) is 12.1. The smallest absolute Gasteiger partial charge is 0.0702 e. The summed E-state index contributed by atoms with van der Waals surface area (Å²) in [6.45, 7) is 6.34. The minimum atomic E-state index is 0.273. The maximum atomic E-state index is 6.19. The Morgan fingerprint density at radius 3 is 2.53 bits per heavy atom. The van der Waals surface area contributed by atoms with Crippen molar-refractivity contribution in [2.45, 2.75) is 76.4 Å². The molecule has 2 N–H and O–H groups in total. The molecule has 1 aliphatic heterocycles. The van der Waals surface area contributed by atoms with E-state index in [0.717, 1.165) is 19.7 Å². The third-order valence-corrected chi connectivity index (χ3v) is 5.03. The fourth-order valence-electron chi connectivity index (χ4n) is 3.85. The van der Waals surface area contributed by atoms with Gasteiger partial charge in [-0.15, -0.1) is 0 Å². The van der Waals surface area contributed by atoms with E-state index in [2.05, 4.69) is 11.8 Å². The molecule has 112 valence electrons. The highest BCUT2D eigenvalue weighted by atomic mass is 16.5. The van der Waals surface area contributed by atoms with Gasteiger partial charge in [-0.1, -0.05) is 26.2 Å². The average molecular weight is 268 g/mol. The van der Waals surface area contributed by atoms with E-state index < -0.39 is 0 Å². The van der Waals surface area contributed by atoms with Crippen molar-refractivity contribution in [1.82, 2.24) is 4.90 Å². The molecule has 1 aliphatic carbocycles. The Hall–Kier alpha value is -0.120. The number of nitrogens with zero attached hydrogens (tertiary/aromatic N) is 1. The molecule has 2 aliphatic rings. The molecule has 1 unspecified atom stereocenters. The molecule has 3 nitrogen and oxygen atoms in total. The normalized spacial score (nSPS) is 27.6. The molecule has 0 aromatic rings. The van der Waals surface area contributed by atoms with Crippen LogP contribution in [0.15, 0.2) is 0 Å². The van der Waals surface area contributed by atoms with Gasteiger partial charge in [0.05, 0.1) is 6.10 Å². The summed E-state index contributed by atoms with van der Waals surface area (Å²) in [7, 11) is 0. The van der Waals surface area contributed by atoms with Crippen molar-refractivity contribution in [1.29, 1.82) is 0 Å². The van der Waals surface area contributed by atoms with Gasteiger partial charge in [0.2, 0.25) is 0 Å². The molecule has 2 rings (SSSR count). The van der Waals surface area contributed by atoms with Crippen LogP contribution in [0.25, 0.3) is 0 Å². The molecule has 0 radical (unpaired) electrons. The lowest BCUT2D eigenvalue weighted by Crippen LogP contribution is -2.57. The Balaban J connectivity index is 1.99. The Morgan fingerprint density at radius 2 is 1.95 bits per heavy atom. The second-order valence-corrected chi connectivity index (χ2v) is 6.42. The first-order chi connectivity index (χ1) is 9.30. The van der Waals surface area contributed by atoms with Crippen molar-refractivity contribution in [2.75, 3.05) is 26.2 Å². The molecular formula is C16H32N2O. The number of hydrogen-bond acceptors (Lipinski definition) is 3. The molecule has 0 bridgehead atoms. The van der Waals surface area contributed by atoms with Crippen molar-refractivity contribution < 1.29 is 4.74 Å². The van der Waals surface area contributed by atoms with Crippen LogP contribution in [0.4, 0.5) is 0 Å². The minimum Gasteiger partial charge on any atom is -0.377 e. The van der Waals surface area contributed by atoms with Crippen LogP contribution in [0.1, 0.15) is 64.7 Å². The van der Waals surface area contributed by atoms with E-state index >= 15 is 0 Å². The number of nitrogens with two attached hydrogens (primary N) is 1. The van der Waals surface area contributed by atoms with Gasteiger partial charge in [0.25, 0.3) is 0 Å². The van der Waals surface area contributed by atoms with Crippen LogP contribution in [0.5, 0.6) is 0 Å². The molecule has 1 heterocycles. The second-order valence-electron chi connectivity index (χ2n) is 6.42. The second kappa shape index (κ2) is 7.61. The lowest BCUT2D eigenvalue weighted by atomic mass is 9.79. The number of rotatable bonds is 6. The highest BCUT2D eigenvalue weighted by Gasteiger charge is 2.37. The highest BCUT2D eigenvalue weighted by molar-refractivity contribution is 4.95. The van der Waals surface area contributed by atoms with Crippen LogP contribution in [0.2, 0.25) is 0 Å². The van der Waals surface area contributed by atoms with Gasteiger partial charge in [-0.25, -0.2) is 0 Å². The van der Waals surface area contributed by atoms with Crippen LogP contribution in [-0.4, -0.2) is 42.8 Å². The molecule has 19 heavy (non-hydrogen) atoms. The van der Waals surface area contributed by atoms with Crippen molar-refractivity contribution >= 4 is 0 Å². The quantitative estimate of drug-likeness (QED) is 0.805. The van der Waals surface area contributed by atoms with Crippen LogP contribution in [-0.2, 0) is 4.74 Å². The van der Waals surface area contributed by atoms with Gasteiger partial charge >= 0.3 is 0 Å². The van der Waals surface area contributed by atoms with E-state index in [9.17, 15) is 0 Å². The first-order valence-corrected chi connectivity index (χ1v) is 8.37. The van der Waals surface area contributed by atoms with E-state index in [0.29, 0.717) is 6.10 Å². The maximum absolute atomic E-state index is 6.19. The molecule has 2 fully saturated rings. The van der Waals surface area contributed by atoms with Crippen molar-refractivity contribution in [3.8, 4) is 0 Å². The molecule has 0 aromatic heterocycles. The Kier molecular flexibility index (Phi) is 6.11. The molecule has 1 atom stereocenters. The molecule has 0 amide bonds. The SMILES string of the molecule is CCCN(CC1CCCCO1)C1(CN)CCCCC1. The Morgan fingerprint density at radius 1 is 1.16 bits per heavy atom. The van der Waals surface area contributed by atoms with Gasteiger partial charge in [-0.3, -0.25) is 4.90 Å². The first-order valence-electron chi connectivity index (χ1n) is 8.37. The van der Waals surface area contributed by atoms with Crippen LogP contribution < -0.4 is 5.73 Å². The summed E-state index contributed by atoms with van der Waals surface area (Å²) in [5.74, 6) is 0. The van der Waals surface area contributed by atoms with Crippen molar-refractivity contribution in [2.24, 2.45) is 5.73 Å². The molecule has 3 heteroatoms. The molecule has 0 aromatic carbocycles. The Labute approximate surface area is 118 Å². The van der Waals surface area contributed by atoms with E-state index in [-0.39, 0.29) is 5.54 Å². The molecular weight excluding hydrogens is 236 g/mol. The number of ether oxygens (including phenoxy) is 1. The maximum Gasteiger partial charge on any atom is 0.0702 e. The monoisotopic (exact) mass is 268 g/mol. The first kappa shape index (κ1) is 15.3. The zero-order valence-electron chi connectivity index (χ0n) is 12.7. The molecule has 1 saturated heterocycles. The minimum absolute atomic E-state index is 0.273. The largest absolute Gasteiger partial charge is 0.377 e. The van der Waals surface area contributed by atoms with Crippen molar-refractivity contribution in [3.63, 3.8) is 0 Å². The summed E-state index contributed by atoms with van der Waals surface area (Å²) < 4.78 is 5.95. The molecule has 0 spiro atoms. The summed E-state index contributed by atoms with van der Waals surface area (Å²) in [4.78, 5) is 2.68. The summed E-state index contributed by atoms with van der Waals surface area (Å²) >= 11 is 0. The van der Waals surface area contributed by atoms with Gasteiger partial charge < -0.3 is 10.5 Å². The van der Waals surface area contributed by atoms with E-state index in [1.165, 1.54) is 64.3 Å². The standard InChI is InChI=1S/C16H32N2O/c1-2-11-18(13-15-8-4-7-12-19-15)16(14-17)9-5-3-6-10-16/h15H,2-14,17H2,1H3. The lowest BCUT2D eigenvalue weighted by Gasteiger charge is -2.47. The third-order valence-electron chi connectivity index (χ3n) is 5.03. The van der Waals surface area contributed by atoms with E-state index in [1.807, 2.05) is 0 Å².